The largest absolute Gasteiger partial charge is 0.495 e. The molecule has 1 saturated heterocycles. The quantitative estimate of drug-likeness (QED) is 0.417. The van der Waals surface area contributed by atoms with E-state index >= 15 is 0 Å². The number of halogens is 1. The lowest BCUT2D eigenvalue weighted by atomic mass is 10.1. The molecule has 2 aliphatic rings. The van der Waals surface area contributed by atoms with Gasteiger partial charge in [-0.2, -0.15) is 0 Å². The Morgan fingerprint density at radius 1 is 1.29 bits per heavy atom. The van der Waals surface area contributed by atoms with Crippen LogP contribution in [0.5, 0.6) is 5.75 Å². The van der Waals surface area contributed by atoms with E-state index in [9.17, 15) is 0 Å². The zero-order valence-corrected chi connectivity index (χ0v) is 16.7. The maximum absolute atomic E-state index is 6.03. The predicted molar refractivity (Wildman–Crippen MR) is 111 cm³/mol. The topological polar surface area (TPSA) is 62.9 Å². The van der Waals surface area contributed by atoms with E-state index in [1.807, 2.05) is 12.1 Å². The Morgan fingerprint density at radius 3 is 2.79 bits per heavy atom. The number of hydrogen-bond acceptors (Lipinski definition) is 3. The number of nitrogens with two attached hydrogens (primary N) is 1. The molecule has 24 heavy (non-hydrogen) atoms. The van der Waals surface area contributed by atoms with Gasteiger partial charge in [-0.3, -0.25) is 4.99 Å². The average Bonchev–Trinajstić information content (AvgIpc) is 3.24. The molecule has 0 radical (unpaired) electrons. The van der Waals surface area contributed by atoms with Gasteiger partial charge in [-0.25, -0.2) is 0 Å². The Kier molecular flexibility index (Phi) is 7.45. The van der Waals surface area contributed by atoms with Gasteiger partial charge in [-0.05, 0) is 37.3 Å². The van der Waals surface area contributed by atoms with Crippen molar-refractivity contribution >= 4 is 35.6 Å². The van der Waals surface area contributed by atoms with Gasteiger partial charge < -0.3 is 20.7 Å². The fourth-order valence-electron chi connectivity index (χ4n) is 3.64. The average molecular weight is 444 g/mol. The zero-order chi connectivity index (χ0) is 16.1. The molecule has 3 rings (SSSR count). The molecule has 1 aliphatic heterocycles. The van der Waals surface area contributed by atoms with E-state index in [0.717, 1.165) is 31.8 Å². The summed E-state index contributed by atoms with van der Waals surface area (Å²) >= 11 is 0. The molecule has 1 unspecified atom stereocenters. The van der Waals surface area contributed by atoms with Crippen molar-refractivity contribution in [2.45, 2.75) is 38.1 Å². The number of para-hydroxylation sites is 2. The molecule has 1 saturated carbocycles. The molecular weight excluding hydrogens is 415 g/mol. The Hall–Kier alpha value is -1.18. The van der Waals surface area contributed by atoms with Crippen molar-refractivity contribution < 1.29 is 4.74 Å². The molecule has 1 aliphatic carbocycles. The number of benzene rings is 1. The van der Waals surface area contributed by atoms with Gasteiger partial charge in [0.15, 0.2) is 5.96 Å². The Labute approximate surface area is 162 Å². The first-order valence-electron chi connectivity index (χ1n) is 8.70. The molecule has 2 fully saturated rings. The third-order valence-electron chi connectivity index (χ3n) is 4.94. The summed E-state index contributed by atoms with van der Waals surface area (Å²) in [6.07, 6.45) is 6.21. The first-order valence-corrected chi connectivity index (χ1v) is 8.70. The van der Waals surface area contributed by atoms with Crippen molar-refractivity contribution in [3.63, 3.8) is 0 Å². The Morgan fingerprint density at radius 2 is 2.04 bits per heavy atom. The molecule has 0 spiro atoms. The van der Waals surface area contributed by atoms with Crippen LogP contribution >= 0.6 is 24.0 Å². The molecular formula is C18H29IN4O. The van der Waals surface area contributed by atoms with E-state index in [4.69, 9.17) is 10.5 Å². The van der Waals surface area contributed by atoms with Gasteiger partial charge in [0, 0.05) is 25.7 Å². The smallest absolute Gasteiger partial charge is 0.188 e. The second-order valence-electron chi connectivity index (χ2n) is 6.62. The van der Waals surface area contributed by atoms with Crippen molar-refractivity contribution in [1.82, 2.24) is 5.32 Å². The first kappa shape index (κ1) is 19.1. The van der Waals surface area contributed by atoms with Gasteiger partial charge in [-0.1, -0.05) is 25.0 Å². The van der Waals surface area contributed by atoms with E-state index in [0.29, 0.717) is 17.9 Å². The van der Waals surface area contributed by atoms with E-state index < -0.39 is 0 Å². The number of anilines is 1. The number of ether oxygens (including phenoxy) is 1. The van der Waals surface area contributed by atoms with Gasteiger partial charge in [0.25, 0.3) is 0 Å². The predicted octanol–water partition coefficient (Wildman–Crippen LogP) is 2.99. The second-order valence-corrected chi connectivity index (χ2v) is 6.62. The Balaban J connectivity index is 0.00000208. The molecule has 0 bridgehead atoms. The molecule has 1 aromatic rings. The van der Waals surface area contributed by atoms with Crippen molar-refractivity contribution in [2.24, 2.45) is 16.6 Å². The van der Waals surface area contributed by atoms with Crippen LogP contribution in [0.25, 0.3) is 0 Å². The minimum Gasteiger partial charge on any atom is -0.495 e. The summed E-state index contributed by atoms with van der Waals surface area (Å²) in [6, 6.07) is 8.75. The number of rotatable bonds is 5. The summed E-state index contributed by atoms with van der Waals surface area (Å²) in [5.41, 5.74) is 7.21. The van der Waals surface area contributed by atoms with Crippen LogP contribution in [-0.4, -0.2) is 38.7 Å². The monoisotopic (exact) mass is 444 g/mol. The number of aliphatic imine (C=N–C) groups is 1. The highest BCUT2D eigenvalue weighted by atomic mass is 127. The summed E-state index contributed by atoms with van der Waals surface area (Å²) in [4.78, 5) is 6.95. The van der Waals surface area contributed by atoms with Crippen LogP contribution in [-0.2, 0) is 0 Å². The van der Waals surface area contributed by atoms with E-state index in [2.05, 4.69) is 27.3 Å². The zero-order valence-electron chi connectivity index (χ0n) is 14.4. The standard InChI is InChI=1S/C18H28N4O.HI/c1-23-17-9-5-4-8-16(17)22-11-10-14(13-22)12-20-18(19)21-15-6-2-3-7-15;/h4-5,8-9,14-15H,2-3,6-7,10-13H2,1H3,(H3,19,20,21);1H. The molecule has 6 heteroatoms. The minimum atomic E-state index is 0. The van der Waals surface area contributed by atoms with E-state index in [-0.39, 0.29) is 24.0 Å². The third kappa shape index (κ3) is 4.91. The highest BCUT2D eigenvalue weighted by Gasteiger charge is 2.24. The number of guanidine groups is 1. The van der Waals surface area contributed by atoms with Crippen molar-refractivity contribution in [2.75, 3.05) is 31.6 Å². The molecule has 134 valence electrons. The van der Waals surface area contributed by atoms with Crippen LogP contribution in [0.1, 0.15) is 32.1 Å². The summed E-state index contributed by atoms with van der Waals surface area (Å²) in [6.45, 7) is 2.87. The van der Waals surface area contributed by atoms with Gasteiger partial charge >= 0.3 is 0 Å². The van der Waals surface area contributed by atoms with Gasteiger partial charge in [0.05, 0.1) is 12.8 Å². The lowest BCUT2D eigenvalue weighted by Crippen LogP contribution is -2.38. The lowest BCUT2D eigenvalue weighted by Gasteiger charge is -2.21. The van der Waals surface area contributed by atoms with Crippen molar-refractivity contribution in [3.8, 4) is 5.75 Å². The molecule has 1 aromatic carbocycles. The van der Waals surface area contributed by atoms with Crippen molar-refractivity contribution in [3.05, 3.63) is 24.3 Å². The maximum Gasteiger partial charge on any atom is 0.188 e. The van der Waals surface area contributed by atoms with Crippen LogP contribution in [0.4, 0.5) is 5.69 Å². The second kappa shape index (κ2) is 9.34. The van der Waals surface area contributed by atoms with E-state index in [1.54, 1.807) is 7.11 Å². The number of hydrogen-bond donors (Lipinski definition) is 2. The van der Waals surface area contributed by atoms with E-state index in [1.165, 1.54) is 31.4 Å². The SMILES string of the molecule is COc1ccccc1N1CCC(CN=C(N)NC2CCCC2)C1.I. The molecule has 1 heterocycles. The molecule has 0 aromatic heterocycles. The summed E-state index contributed by atoms with van der Waals surface area (Å²) in [7, 11) is 1.73. The lowest BCUT2D eigenvalue weighted by molar-refractivity contribution is 0.414. The van der Waals surface area contributed by atoms with Gasteiger partial charge in [0.1, 0.15) is 5.75 Å². The first-order chi connectivity index (χ1) is 11.3. The van der Waals surface area contributed by atoms with Gasteiger partial charge in [-0.15, -0.1) is 24.0 Å². The third-order valence-corrected chi connectivity index (χ3v) is 4.94. The number of nitrogens with zero attached hydrogens (tertiary/aromatic N) is 2. The van der Waals surface area contributed by atoms with Crippen LogP contribution in [0.3, 0.4) is 0 Å². The van der Waals surface area contributed by atoms with Crippen LogP contribution in [0, 0.1) is 5.92 Å². The summed E-state index contributed by atoms with van der Waals surface area (Å²) < 4.78 is 5.47. The highest BCUT2D eigenvalue weighted by molar-refractivity contribution is 14.0. The fraction of sp³-hybridized carbons (Fsp3) is 0.611. The number of nitrogens with one attached hydrogen (secondary N) is 1. The van der Waals surface area contributed by atoms with Crippen molar-refractivity contribution in [1.29, 1.82) is 0 Å². The fourth-order valence-corrected chi connectivity index (χ4v) is 3.64. The Bertz CT molecular complexity index is 546. The van der Waals surface area contributed by atoms with Crippen LogP contribution < -0.4 is 20.7 Å². The minimum absolute atomic E-state index is 0. The maximum atomic E-state index is 6.03. The summed E-state index contributed by atoms with van der Waals surface area (Å²) in [5, 5.41) is 3.36. The van der Waals surface area contributed by atoms with Crippen LogP contribution in [0.15, 0.2) is 29.3 Å². The van der Waals surface area contributed by atoms with Crippen LogP contribution in [0.2, 0.25) is 0 Å². The van der Waals surface area contributed by atoms with Gasteiger partial charge in [0.2, 0.25) is 0 Å². The number of methoxy groups -OCH3 is 1. The molecule has 0 amide bonds. The molecule has 3 N–H and O–H groups in total. The highest BCUT2D eigenvalue weighted by Crippen LogP contribution is 2.31. The molecule has 1 atom stereocenters. The molecule has 5 nitrogen and oxygen atoms in total. The summed E-state index contributed by atoms with van der Waals surface area (Å²) in [5.74, 6) is 2.12. The normalized spacial score (nSPS) is 21.6.